The van der Waals surface area contributed by atoms with Crippen LogP contribution in [0, 0.1) is 25.2 Å². The van der Waals surface area contributed by atoms with Gasteiger partial charge in [0, 0.05) is 17.8 Å². The predicted octanol–water partition coefficient (Wildman–Crippen LogP) is 3.56. The third-order valence-electron chi connectivity index (χ3n) is 4.52. The molecule has 176 valence electrons. The Morgan fingerprint density at radius 3 is 2.35 bits per heavy atom. The van der Waals surface area contributed by atoms with Gasteiger partial charge in [0.25, 0.3) is 11.1 Å². The largest absolute Gasteiger partial charge is 0.490 e. The number of benzene rings is 2. The average Bonchev–Trinajstić information content (AvgIpc) is 3.26. The molecule has 1 amide bonds. The lowest BCUT2D eigenvalue weighted by molar-refractivity contribution is -0.112. The number of carbonyl (C=O) groups is 1. The summed E-state index contributed by atoms with van der Waals surface area (Å²) in [5.41, 5.74) is 2.57. The third kappa shape index (κ3) is 6.63. The molecule has 1 heterocycles. The number of nitrogens with zero attached hydrogens (tertiary/aromatic N) is 3. The van der Waals surface area contributed by atoms with Crippen LogP contribution < -0.4 is 14.8 Å². The van der Waals surface area contributed by atoms with Gasteiger partial charge in [0.1, 0.15) is 36.4 Å². The zero-order valence-corrected chi connectivity index (χ0v) is 20.4. The van der Waals surface area contributed by atoms with Gasteiger partial charge in [0.15, 0.2) is 0 Å². The number of aryl methyl sites for hydroxylation is 2. The van der Waals surface area contributed by atoms with Crippen molar-refractivity contribution in [1.82, 2.24) is 9.36 Å². The molecule has 3 rings (SSSR count). The van der Waals surface area contributed by atoms with E-state index >= 15 is 0 Å². The number of ether oxygens (including phenoxy) is 2. The van der Waals surface area contributed by atoms with Crippen LogP contribution in [0.1, 0.15) is 16.7 Å². The van der Waals surface area contributed by atoms with Crippen LogP contribution in [0.3, 0.4) is 0 Å². The Morgan fingerprint density at radius 1 is 1.12 bits per heavy atom. The van der Waals surface area contributed by atoms with Crippen molar-refractivity contribution in [1.29, 1.82) is 5.26 Å². The summed E-state index contributed by atoms with van der Waals surface area (Å²) in [7, 11) is -3.59. The molecule has 0 aliphatic rings. The predicted molar refractivity (Wildman–Crippen MR) is 129 cm³/mol. The van der Waals surface area contributed by atoms with Crippen LogP contribution in [0.2, 0.25) is 0 Å². The zero-order chi connectivity index (χ0) is 24.7. The van der Waals surface area contributed by atoms with E-state index in [1.165, 1.54) is 6.08 Å². The van der Waals surface area contributed by atoms with Gasteiger partial charge in [-0.15, -0.1) is 0 Å². The minimum atomic E-state index is -3.59. The second-order valence-corrected chi connectivity index (χ2v) is 9.93. The first kappa shape index (κ1) is 24.9. The fraction of sp³-hybridized carbons (Fsp3) is 0.217. The maximum absolute atomic E-state index is 12.4. The van der Waals surface area contributed by atoms with Crippen LogP contribution in [0.15, 0.2) is 53.2 Å². The molecule has 0 saturated heterocycles. The number of hydrogen-bond acceptors (Lipinski definition) is 9. The SMILES string of the molecule is Cc1cccc(C)c1OCCOc1ccc(/C=C(/C#N)C(=O)Nc2nc(S(C)(=O)=O)ns2)cc1. The van der Waals surface area contributed by atoms with Crippen molar-refractivity contribution >= 4 is 38.5 Å². The number of rotatable bonds is 9. The molecule has 1 aromatic heterocycles. The summed E-state index contributed by atoms with van der Waals surface area (Å²) in [6, 6.07) is 14.7. The topological polar surface area (TPSA) is 131 Å². The van der Waals surface area contributed by atoms with E-state index in [1.807, 2.05) is 38.1 Å². The van der Waals surface area contributed by atoms with E-state index in [0.29, 0.717) is 36.1 Å². The number of carbonyl (C=O) groups excluding carboxylic acids is 1. The highest BCUT2D eigenvalue weighted by Gasteiger charge is 2.17. The van der Waals surface area contributed by atoms with Crippen molar-refractivity contribution in [2.24, 2.45) is 0 Å². The summed E-state index contributed by atoms with van der Waals surface area (Å²) in [6.45, 7) is 4.72. The summed E-state index contributed by atoms with van der Waals surface area (Å²) in [4.78, 5) is 16.1. The van der Waals surface area contributed by atoms with E-state index in [4.69, 9.17) is 9.47 Å². The van der Waals surface area contributed by atoms with Gasteiger partial charge in [0.2, 0.25) is 15.0 Å². The number of nitriles is 1. The molecular weight excluding hydrogens is 476 g/mol. The molecule has 3 aromatic rings. The molecule has 9 nitrogen and oxygen atoms in total. The Balaban J connectivity index is 1.56. The van der Waals surface area contributed by atoms with Gasteiger partial charge in [-0.05, 0) is 48.7 Å². The molecule has 0 aliphatic carbocycles. The lowest BCUT2D eigenvalue weighted by Gasteiger charge is -2.12. The van der Waals surface area contributed by atoms with Crippen LogP contribution in [0.5, 0.6) is 11.5 Å². The highest BCUT2D eigenvalue weighted by molar-refractivity contribution is 7.90. The number of para-hydroxylation sites is 1. The van der Waals surface area contributed by atoms with Gasteiger partial charge in [-0.1, -0.05) is 30.3 Å². The van der Waals surface area contributed by atoms with E-state index in [1.54, 1.807) is 24.3 Å². The molecule has 0 unspecified atom stereocenters. The van der Waals surface area contributed by atoms with Gasteiger partial charge < -0.3 is 9.47 Å². The van der Waals surface area contributed by atoms with E-state index in [9.17, 15) is 18.5 Å². The van der Waals surface area contributed by atoms with Crippen LogP contribution >= 0.6 is 11.5 Å². The Kier molecular flexibility index (Phi) is 7.99. The fourth-order valence-electron chi connectivity index (χ4n) is 2.88. The summed E-state index contributed by atoms with van der Waals surface area (Å²) >= 11 is 0.715. The fourth-order valence-corrected chi connectivity index (χ4v) is 4.32. The highest BCUT2D eigenvalue weighted by atomic mass is 32.2. The number of amides is 1. The van der Waals surface area contributed by atoms with Crippen molar-refractivity contribution in [3.8, 4) is 17.6 Å². The van der Waals surface area contributed by atoms with Crippen LogP contribution in [0.25, 0.3) is 6.08 Å². The Bertz CT molecular complexity index is 1340. The maximum atomic E-state index is 12.4. The van der Waals surface area contributed by atoms with Gasteiger partial charge in [-0.25, -0.2) is 8.42 Å². The first-order chi connectivity index (χ1) is 16.2. The van der Waals surface area contributed by atoms with E-state index in [2.05, 4.69) is 14.7 Å². The molecule has 1 N–H and O–H groups in total. The molecule has 11 heteroatoms. The number of hydrogen-bond donors (Lipinski definition) is 1. The molecule has 2 aromatic carbocycles. The molecule has 0 spiro atoms. The molecule has 0 aliphatic heterocycles. The first-order valence-corrected chi connectivity index (χ1v) is 12.7. The number of anilines is 1. The summed E-state index contributed by atoms with van der Waals surface area (Å²) < 4.78 is 38.1. The van der Waals surface area contributed by atoms with Crippen LogP contribution in [-0.2, 0) is 14.6 Å². The zero-order valence-electron chi connectivity index (χ0n) is 18.7. The lowest BCUT2D eigenvalue weighted by atomic mass is 10.1. The highest BCUT2D eigenvalue weighted by Crippen LogP contribution is 2.22. The molecule has 0 atom stereocenters. The molecular formula is C23H22N4O5S2. The lowest BCUT2D eigenvalue weighted by Crippen LogP contribution is -2.13. The first-order valence-electron chi connectivity index (χ1n) is 10.1. The Hall–Kier alpha value is -3.75. The van der Waals surface area contributed by atoms with Crippen molar-refractivity contribution in [3.63, 3.8) is 0 Å². The number of sulfone groups is 1. The van der Waals surface area contributed by atoms with E-state index in [-0.39, 0.29) is 15.9 Å². The standard InChI is InChI=1S/C23H22N4O5S2/c1-15-5-4-6-16(2)20(15)32-12-11-31-19-9-7-17(8-10-19)13-18(14-24)21(28)25-22-26-23(27-33-22)34(3,29)30/h4-10,13H,11-12H2,1-3H3,(H,25,26,27,28)/b18-13-. The third-order valence-corrected chi connectivity index (χ3v) is 6.11. The van der Waals surface area contributed by atoms with Gasteiger partial charge >= 0.3 is 0 Å². The van der Waals surface area contributed by atoms with E-state index in [0.717, 1.165) is 23.1 Å². The monoisotopic (exact) mass is 498 g/mol. The second-order valence-electron chi connectivity index (χ2n) is 7.27. The minimum Gasteiger partial charge on any atom is -0.490 e. The average molecular weight is 499 g/mol. The summed E-state index contributed by atoms with van der Waals surface area (Å²) in [5, 5.41) is 11.3. The van der Waals surface area contributed by atoms with Gasteiger partial charge in [-0.3, -0.25) is 10.1 Å². The second kappa shape index (κ2) is 10.9. The van der Waals surface area contributed by atoms with Crippen molar-refractivity contribution in [3.05, 3.63) is 64.7 Å². The molecule has 0 bridgehead atoms. The number of aromatic nitrogens is 2. The Labute approximate surface area is 201 Å². The van der Waals surface area contributed by atoms with E-state index < -0.39 is 15.7 Å². The van der Waals surface area contributed by atoms with Crippen molar-refractivity contribution in [2.75, 3.05) is 24.8 Å². The normalized spacial score (nSPS) is 11.5. The van der Waals surface area contributed by atoms with Crippen LogP contribution in [0.4, 0.5) is 5.13 Å². The van der Waals surface area contributed by atoms with Gasteiger partial charge in [-0.2, -0.15) is 14.6 Å². The van der Waals surface area contributed by atoms with Crippen molar-refractivity contribution < 1.29 is 22.7 Å². The molecule has 34 heavy (non-hydrogen) atoms. The summed E-state index contributed by atoms with van der Waals surface area (Å²) in [5.74, 6) is 0.755. The molecule has 0 fully saturated rings. The number of nitrogens with one attached hydrogen (secondary N) is 1. The Morgan fingerprint density at radius 2 is 1.76 bits per heavy atom. The maximum Gasteiger partial charge on any atom is 0.268 e. The summed E-state index contributed by atoms with van der Waals surface area (Å²) in [6.07, 6.45) is 2.37. The van der Waals surface area contributed by atoms with Crippen molar-refractivity contribution in [2.45, 2.75) is 19.0 Å². The van der Waals surface area contributed by atoms with Crippen LogP contribution in [-0.4, -0.2) is 43.2 Å². The molecule has 0 saturated carbocycles. The minimum absolute atomic E-state index is 0.0153. The smallest absolute Gasteiger partial charge is 0.268 e. The quantitative estimate of drug-likeness (QED) is 0.269. The molecule has 0 radical (unpaired) electrons. The van der Waals surface area contributed by atoms with Gasteiger partial charge in [0.05, 0.1) is 0 Å².